The van der Waals surface area contributed by atoms with Crippen molar-refractivity contribution in [3.05, 3.63) is 96.1 Å². The van der Waals surface area contributed by atoms with Crippen LogP contribution in [0.4, 0.5) is 14.5 Å². The first-order valence-corrected chi connectivity index (χ1v) is 15.2. The first kappa shape index (κ1) is 29.5. The third-order valence-electron chi connectivity index (χ3n) is 8.21. The lowest BCUT2D eigenvalue weighted by Crippen LogP contribution is -2.81. The second-order valence-electron chi connectivity index (χ2n) is 11.4. The molecule has 2 saturated heterocycles. The summed E-state index contributed by atoms with van der Waals surface area (Å²) in [5.74, 6) is -0.638. The van der Waals surface area contributed by atoms with E-state index in [4.69, 9.17) is 9.47 Å². The molecule has 2 aliphatic rings. The average molecular weight is 625 g/mol. The van der Waals surface area contributed by atoms with Crippen molar-refractivity contribution in [2.75, 3.05) is 31.5 Å². The van der Waals surface area contributed by atoms with Crippen molar-refractivity contribution in [3.8, 4) is 45.1 Å². The van der Waals surface area contributed by atoms with Gasteiger partial charge in [-0.3, -0.25) is 4.79 Å². The van der Waals surface area contributed by atoms with Crippen LogP contribution in [0.15, 0.2) is 78.9 Å². The van der Waals surface area contributed by atoms with E-state index < -0.39 is 11.6 Å². The van der Waals surface area contributed by atoms with Gasteiger partial charge in [-0.05, 0) is 83.9 Å². The number of hydrogen-bond donors (Lipinski definition) is 4. The van der Waals surface area contributed by atoms with Crippen molar-refractivity contribution in [1.82, 2.24) is 25.9 Å². The van der Waals surface area contributed by atoms with Crippen LogP contribution in [0, 0.1) is 11.6 Å². The molecule has 1 aromatic heterocycles. The summed E-state index contributed by atoms with van der Waals surface area (Å²) >= 11 is 0. The summed E-state index contributed by atoms with van der Waals surface area (Å²) < 4.78 is 40.7. The lowest BCUT2D eigenvalue weighted by Gasteiger charge is -2.18. The van der Waals surface area contributed by atoms with Crippen LogP contribution < -0.4 is 25.4 Å². The zero-order valence-corrected chi connectivity index (χ0v) is 24.8. The summed E-state index contributed by atoms with van der Waals surface area (Å²) in [6, 6.07) is 21.9. The number of nitrogens with zero attached hydrogens (tertiary/aromatic N) is 3. The van der Waals surface area contributed by atoms with E-state index >= 15 is 0 Å². The van der Waals surface area contributed by atoms with Gasteiger partial charge in [0.25, 0.3) is 5.91 Å². The normalized spacial score (nSPS) is 17.6. The monoisotopic (exact) mass is 624 g/mol. The van der Waals surface area contributed by atoms with Gasteiger partial charge in [-0.1, -0.05) is 24.3 Å². The highest BCUT2D eigenvalue weighted by atomic mass is 19.2. The third kappa shape index (κ3) is 6.44. The fraction of sp³-hybridized carbons (Fsp3) is 0.235. The van der Waals surface area contributed by atoms with Crippen LogP contribution in [0.25, 0.3) is 33.6 Å². The summed E-state index contributed by atoms with van der Waals surface area (Å²) in [6.45, 7) is 3.39. The minimum absolute atomic E-state index is 0.0661. The molecule has 4 aromatic carbocycles. The van der Waals surface area contributed by atoms with Crippen LogP contribution >= 0.6 is 0 Å². The van der Waals surface area contributed by atoms with E-state index in [1.807, 2.05) is 36.4 Å². The van der Waals surface area contributed by atoms with Crippen LogP contribution in [0.5, 0.6) is 11.5 Å². The van der Waals surface area contributed by atoms with Crippen molar-refractivity contribution in [2.45, 2.75) is 25.0 Å². The Hall–Kier alpha value is -5.20. The van der Waals surface area contributed by atoms with Crippen LogP contribution in [-0.2, 0) is 0 Å². The predicted molar refractivity (Wildman–Crippen MR) is 167 cm³/mol. The molecule has 5 N–H and O–H groups in total. The summed E-state index contributed by atoms with van der Waals surface area (Å²) in [5.41, 5.74) is 4.23. The quantitative estimate of drug-likeness (QED) is 0.194. The molecule has 46 heavy (non-hydrogen) atoms. The van der Waals surface area contributed by atoms with Gasteiger partial charge >= 0.3 is 0 Å². The number of carbonyl (C=O) groups excluding carboxylic acids is 1. The van der Waals surface area contributed by atoms with Gasteiger partial charge in [0.2, 0.25) is 5.82 Å². The molecule has 1 amide bonds. The molecule has 0 saturated carbocycles. The number of quaternary nitrogens is 1. The van der Waals surface area contributed by atoms with E-state index in [-0.39, 0.29) is 18.1 Å². The fourth-order valence-corrected chi connectivity index (χ4v) is 5.83. The van der Waals surface area contributed by atoms with Gasteiger partial charge in [0.05, 0.1) is 6.54 Å². The molecule has 5 aromatic rings. The number of aromatic nitrogens is 4. The van der Waals surface area contributed by atoms with Gasteiger partial charge in [0.15, 0.2) is 17.7 Å². The Bertz CT molecular complexity index is 1860. The standard InChI is InChI=1S/C34H31F2N7O3/c35-29-7-4-21(16-30(29)36)27-15-23(5-8-31(27)45-25-10-12-37-18-25)34(44)39-24-6-9-32(46-26-11-13-38-19-26)28(17-24)20-2-1-3-22(14-20)33-40-42-43-41-33/h1-9,14-17,25-26,37-38H,10-13,18-19H2,(H,39,44)(H,40,41,42,43)/p+1/t25-,26+/m0/s1. The lowest BCUT2D eigenvalue weighted by molar-refractivity contribution is -0.638. The highest BCUT2D eigenvalue weighted by Crippen LogP contribution is 2.37. The smallest absolute Gasteiger partial charge is 0.255 e. The number of aromatic amines is 1. The molecular formula is C34H32F2N7O3+. The zero-order chi connectivity index (χ0) is 31.5. The Labute approximate surface area is 263 Å². The first-order valence-electron chi connectivity index (χ1n) is 15.2. The van der Waals surface area contributed by atoms with Gasteiger partial charge in [-0.2, -0.15) is 5.21 Å². The van der Waals surface area contributed by atoms with E-state index in [0.29, 0.717) is 46.2 Å². The van der Waals surface area contributed by atoms with Crippen molar-refractivity contribution >= 4 is 11.6 Å². The highest BCUT2D eigenvalue weighted by molar-refractivity contribution is 6.05. The van der Waals surface area contributed by atoms with Crippen LogP contribution in [0.3, 0.4) is 0 Å². The number of halogens is 2. The lowest BCUT2D eigenvalue weighted by atomic mass is 10.00. The molecule has 2 fully saturated rings. The second-order valence-corrected chi connectivity index (χ2v) is 11.4. The maximum atomic E-state index is 14.3. The number of carbonyl (C=O) groups is 1. The number of nitrogens with two attached hydrogens (primary N) is 1. The van der Waals surface area contributed by atoms with Gasteiger partial charge < -0.3 is 25.4 Å². The highest BCUT2D eigenvalue weighted by Gasteiger charge is 2.23. The van der Waals surface area contributed by atoms with Gasteiger partial charge in [-0.15, -0.1) is 10.2 Å². The van der Waals surface area contributed by atoms with E-state index in [1.165, 1.54) is 6.07 Å². The number of tetrazole rings is 1. The zero-order valence-electron chi connectivity index (χ0n) is 24.8. The van der Waals surface area contributed by atoms with Gasteiger partial charge in [0, 0.05) is 40.9 Å². The third-order valence-corrected chi connectivity index (χ3v) is 8.21. The van der Waals surface area contributed by atoms with E-state index in [0.717, 1.165) is 61.3 Å². The maximum absolute atomic E-state index is 14.3. The van der Waals surface area contributed by atoms with Gasteiger partial charge in [0.1, 0.15) is 24.1 Å². The molecule has 234 valence electrons. The van der Waals surface area contributed by atoms with Crippen LogP contribution in [-0.4, -0.2) is 64.9 Å². The molecule has 7 rings (SSSR count). The second kappa shape index (κ2) is 13.0. The predicted octanol–water partition coefficient (Wildman–Crippen LogP) is 4.19. The number of anilines is 1. The Morgan fingerprint density at radius 2 is 1.65 bits per heavy atom. The fourth-order valence-electron chi connectivity index (χ4n) is 5.83. The van der Waals surface area contributed by atoms with Crippen molar-refractivity contribution < 1.29 is 28.4 Å². The number of ether oxygens (including phenoxy) is 2. The summed E-state index contributed by atoms with van der Waals surface area (Å²) in [7, 11) is 0. The minimum atomic E-state index is -0.977. The number of amides is 1. The summed E-state index contributed by atoms with van der Waals surface area (Å²) in [4.78, 5) is 13.6. The van der Waals surface area contributed by atoms with Crippen LogP contribution in [0.2, 0.25) is 0 Å². The van der Waals surface area contributed by atoms with E-state index in [2.05, 4.69) is 36.6 Å². The van der Waals surface area contributed by atoms with E-state index in [9.17, 15) is 13.6 Å². The molecule has 0 bridgehead atoms. The Morgan fingerprint density at radius 3 is 2.41 bits per heavy atom. The Morgan fingerprint density at radius 1 is 0.848 bits per heavy atom. The molecule has 2 aliphatic heterocycles. The number of rotatable bonds is 9. The largest absolute Gasteiger partial charge is 0.488 e. The summed E-state index contributed by atoms with van der Waals surface area (Å²) in [5, 5.41) is 22.8. The SMILES string of the molecule is O=C(Nc1ccc(O[C@@H]2CC[NH2+]C2)c(-c2cccc(-c3nn[nH]n3)c2)c1)c1ccc(O[C@H]2CCNC2)c(-c2ccc(F)c(F)c2)c1. The molecule has 2 atom stereocenters. The van der Waals surface area contributed by atoms with Gasteiger partial charge in [-0.25, -0.2) is 8.78 Å². The number of nitrogens with one attached hydrogen (secondary N) is 3. The first-order chi connectivity index (χ1) is 22.5. The van der Waals surface area contributed by atoms with Crippen molar-refractivity contribution in [3.63, 3.8) is 0 Å². The minimum Gasteiger partial charge on any atom is -0.488 e. The van der Waals surface area contributed by atoms with Crippen molar-refractivity contribution in [1.29, 1.82) is 0 Å². The maximum Gasteiger partial charge on any atom is 0.255 e. The molecule has 0 aliphatic carbocycles. The molecule has 0 unspecified atom stereocenters. The molecule has 12 heteroatoms. The molecule has 0 radical (unpaired) electrons. The Kier molecular flexibility index (Phi) is 8.36. The molecule has 0 spiro atoms. The van der Waals surface area contributed by atoms with Crippen LogP contribution in [0.1, 0.15) is 23.2 Å². The van der Waals surface area contributed by atoms with E-state index in [1.54, 1.807) is 24.3 Å². The Balaban J connectivity index is 1.20. The molecular weight excluding hydrogens is 592 g/mol. The number of hydrogen-bond acceptors (Lipinski definition) is 7. The average Bonchev–Trinajstić information content (AvgIpc) is 3.89. The topological polar surface area (TPSA) is 131 Å². The number of benzene rings is 4. The van der Waals surface area contributed by atoms with Crippen molar-refractivity contribution in [2.24, 2.45) is 0 Å². The molecule has 10 nitrogen and oxygen atoms in total. The number of H-pyrrole nitrogens is 1. The summed E-state index contributed by atoms with van der Waals surface area (Å²) in [6.07, 6.45) is 1.77. The molecule has 3 heterocycles.